The maximum Gasteiger partial charge on any atom is 0.321 e. The normalized spacial score (nSPS) is 22.2. The Morgan fingerprint density at radius 2 is 1.79 bits per heavy atom. The number of carbonyl (C=O) groups excluding carboxylic acids is 2. The van der Waals surface area contributed by atoms with Crippen LogP contribution in [-0.2, 0) is 24.3 Å². The van der Waals surface area contributed by atoms with E-state index in [-0.39, 0.29) is 23.5 Å². The van der Waals surface area contributed by atoms with Crippen LogP contribution in [0.1, 0.15) is 38.5 Å². The van der Waals surface area contributed by atoms with Crippen molar-refractivity contribution in [2.75, 3.05) is 26.7 Å². The lowest BCUT2D eigenvalue weighted by Gasteiger charge is -2.44. The molecule has 0 aromatic heterocycles. The molecule has 2 fully saturated rings. The first kappa shape index (κ1) is 21.7. The van der Waals surface area contributed by atoms with Crippen molar-refractivity contribution in [1.29, 1.82) is 0 Å². The second kappa shape index (κ2) is 9.21. The number of hydrogen-bond acceptors (Lipinski definition) is 5. The summed E-state index contributed by atoms with van der Waals surface area (Å²) in [5.41, 5.74) is 0. The van der Waals surface area contributed by atoms with E-state index in [2.05, 4.69) is 0 Å². The number of benzene rings is 1. The van der Waals surface area contributed by atoms with Crippen molar-refractivity contribution in [1.82, 2.24) is 9.21 Å². The molecular weight excluding hydrogens is 399 g/mol. The predicted molar refractivity (Wildman–Crippen MR) is 104 cm³/mol. The number of esters is 1. The molecule has 29 heavy (non-hydrogen) atoms. The van der Waals surface area contributed by atoms with E-state index in [1.807, 2.05) is 4.90 Å². The van der Waals surface area contributed by atoms with E-state index < -0.39 is 28.4 Å². The molecule has 1 saturated carbocycles. The number of ether oxygens (including phenoxy) is 1. The number of likely N-dealkylation sites (N-methyl/N-ethyl adjacent to an activating group) is 1. The van der Waals surface area contributed by atoms with Crippen LogP contribution in [0.5, 0.6) is 0 Å². The van der Waals surface area contributed by atoms with Crippen molar-refractivity contribution in [2.24, 2.45) is 5.92 Å². The summed E-state index contributed by atoms with van der Waals surface area (Å²) in [6.45, 7) is -0.234. The Bertz CT molecular complexity index is 841. The second-order valence-electron chi connectivity index (χ2n) is 7.72. The molecule has 1 aliphatic carbocycles. The first-order valence-corrected chi connectivity index (χ1v) is 11.4. The standard InChI is InChI=1S/C20H27FN2O5S/c1-22(29(26,27)17-10-8-16(21)9-11-17)13-20(25)28-14-19(24)23-12-4-6-15-5-2-3-7-18(15)23/h8-11,15,18H,2-7,12-14H2,1H3/t15-,18-/m0/s1. The van der Waals surface area contributed by atoms with Crippen molar-refractivity contribution in [3.63, 3.8) is 0 Å². The summed E-state index contributed by atoms with van der Waals surface area (Å²) in [4.78, 5) is 26.4. The topological polar surface area (TPSA) is 84.0 Å². The third-order valence-corrected chi connectivity index (χ3v) is 7.61. The predicted octanol–water partition coefficient (Wildman–Crippen LogP) is 2.17. The molecule has 160 valence electrons. The smallest absolute Gasteiger partial charge is 0.321 e. The lowest BCUT2D eigenvalue weighted by molar-refractivity contribution is -0.154. The average molecular weight is 427 g/mol. The van der Waals surface area contributed by atoms with Gasteiger partial charge in [0, 0.05) is 19.6 Å². The zero-order chi connectivity index (χ0) is 21.0. The van der Waals surface area contributed by atoms with Gasteiger partial charge in [-0.15, -0.1) is 0 Å². The number of rotatable bonds is 6. The van der Waals surface area contributed by atoms with E-state index in [1.165, 1.54) is 13.5 Å². The summed E-state index contributed by atoms with van der Waals surface area (Å²) in [6, 6.07) is 4.56. The first-order chi connectivity index (χ1) is 13.8. The van der Waals surface area contributed by atoms with Crippen molar-refractivity contribution in [3.05, 3.63) is 30.1 Å². The molecule has 1 amide bonds. The highest BCUT2D eigenvalue weighted by Crippen LogP contribution is 2.35. The van der Waals surface area contributed by atoms with Gasteiger partial charge in [-0.2, -0.15) is 4.31 Å². The molecule has 9 heteroatoms. The SMILES string of the molecule is CN(CC(=O)OCC(=O)N1CCC[C@@H]2CCCC[C@@H]21)S(=O)(=O)c1ccc(F)cc1. The van der Waals surface area contributed by atoms with Gasteiger partial charge in [0.05, 0.1) is 4.90 Å². The Hall–Kier alpha value is -2.00. The summed E-state index contributed by atoms with van der Waals surface area (Å²) in [5.74, 6) is -1.05. The molecule has 1 aliphatic heterocycles. The van der Waals surface area contributed by atoms with Crippen molar-refractivity contribution in [3.8, 4) is 0 Å². The number of amides is 1. The van der Waals surface area contributed by atoms with E-state index in [4.69, 9.17) is 4.74 Å². The Kier molecular flexibility index (Phi) is 6.89. The van der Waals surface area contributed by atoms with Gasteiger partial charge in [0.1, 0.15) is 12.4 Å². The highest BCUT2D eigenvalue weighted by atomic mass is 32.2. The molecule has 1 heterocycles. The van der Waals surface area contributed by atoms with Crippen LogP contribution < -0.4 is 0 Å². The lowest BCUT2D eigenvalue weighted by atomic mass is 9.78. The Balaban J connectivity index is 1.52. The van der Waals surface area contributed by atoms with Crippen LogP contribution in [0.4, 0.5) is 4.39 Å². The van der Waals surface area contributed by atoms with Crippen LogP contribution >= 0.6 is 0 Å². The molecule has 0 bridgehead atoms. The van der Waals surface area contributed by atoms with Crippen molar-refractivity contribution < 1.29 is 27.1 Å². The highest BCUT2D eigenvalue weighted by Gasteiger charge is 2.36. The largest absolute Gasteiger partial charge is 0.455 e. The Labute approximate surface area is 170 Å². The molecule has 1 saturated heterocycles. The summed E-state index contributed by atoms with van der Waals surface area (Å²) in [7, 11) is -2.72. The molecular formula is C20H27FN2O5S. The summed E-state index contributed by atoms with van der Waals surface area (Å²) in [5, 5.41) is 0. The lowest BCUT2D eigenvalue weighted by Crippen LogP contribution is -2.51. The monoisotopic (exact) mass is 426 g/mol. The molecule has 0 spiro atoms. The molecule has 0 unspecified atom stereocenters. The summed E-state index contributed by atoms with van der Waals surface area (Å²) >= 11 is 0. The van der Waals surface area contributed by atoms with Crippen LogP contribution in [0.2, 0.25) is 0 Å². The second-order valence-corrected chi connectivity index (χ2v) is 9.76. The van der Waals surface area contributed by atoms with Gasteiger partial charge in [-0.1, -0.05) is 12.8 Å². The van der Waals surface area contributed by atoms with Gasteiger partial charge in [-0.05, 0) is 55.9 Å². The quantitative estimate of drug-likeness (QED) is 0.651. The molecule has 0 N–H and O–H groups in total. The number of sulfonamides is 1. The van der Waals surface area contributed by atoms with E-state index in [9.17, 15) is 22.4 Å². The molecule has 0 radical (unpaired) electrons. The maximum atomic E-state index is 13.0. The van der Waals surface area contributed by atoms with Gasteiger partial charge in [0.2, 0.25) is 10.0 Å². The molecule has 7 nitrogen and oxygen atoms in total. The Morgan fingerprint density at radius 3 is 2.52 bits per heavy atom. The van der Waals surface area contributed by atoms with Crippen LogP contribution in [0.15, 0.2) is 29.2 Å². The molecule has 1 aromatic carbocycles. The fourth-order valence-electron chi connectivity index (χ4n) is 4.26. The third kappa shape index (κ3) is 5.14. The van der Waals surface area contributed by atoms with Crippen molar-refractivity contribution in [2.45, 2.75) is 49.5 Å². The van der Waals surface area contributed by atoms with E-state index in [1.54, 1.807) is 0 Å². The van der Waals surface area contributed by atoms with Crippen LogP contribution in [0.25, 0.3) is 0 Å². The van der Waals surface area contributed by atoms with Crippen molar-refractivity contribution >= 4 is 21.9 Å². The number of carbonyl (C=O) groups is 2. The highest BCUT2D eigenvalue weighted by molar-refractivity contribution is 7.89. The minimum absolute atomic E-state index is 0.123. The zero-order valence-electron chi connectivity index (χ0n) is 16.5. The van der Waals surface area contributed by atoms with Gasteiger partial charge in [0.15, 0.2) is 6.61 Å². The zero-order valence-corrected chi connectivity index (χ0v) is 17.4. The number of fused-ring (bicyclic) bond motifs is 1. The number of piperidine rings is 1. The fraction of sp³-hybridized carbons (Fsp3) is 0.600. The van der Waals surface area contributed by atoms with Gasteiger partial charge in [-0.25, -0.2) is 12.8 Å². The fourth-order valence-corrected chi connectivity index (χ4v) is 5.37. The van der Waals surface area contributed by atoms with Crippen LogP contribution in [0.3, 0.4) is 0 Å². The minimum atomic E-state index is -3.96. The van der Waals surface area contributed by atoms with Gasteiger partial charge in [0.25, 0.3) is 5.91 Å². The van der Waals surface area contributed by atoms with Crippen LogP contribution in [-0.4, -0.2) is 62.3 Å². The van der Waals surface area contributed by atoms with Gasteiger partial charge >= 0.3 is 5.97 Å². The molecule has 1 aromatic rings. The molecule has 3 rings (SSSR count). The third-order valence-electron chi connectivity index (χ3n) is 5.79. The van der Waals surface area contributed by atoms with Gasteiger partial charge in [-0.3, -0.25) is 9.59 Å². The van der Waals surface area contributed by atoms with E-state index in [0.29, 0.717) is 12.5 Å². The first-order valence-electron chi connectivity index (χ1n) is 9.96. The average Bonchev–Trinajstić information content (AvgIpc) is 2.71. The molecule has 2 atom stereocenters. The molecule has 2 aliphatic rings. The van der Waals surface area contributed by atoms with E-state index >= 15 is 0 Å². The van der Waals surface area contributed by atoms with Gasteiger partial charge < -0.3 is 9.64 Å². The number of hydrogen-bond donors (Lipinski definition) is 0. The summed E-state index contributed by atoms with van der Waals surface area (Å²) < 4.78 is 43.8. The minimum Gasteiger partial charge on any atom is -0.455 e. The van der Waals surface area contributed by atoms with Crippen LogP contribution in [0, 0.1) is 11.7 Å². The Morgan fingerprint density at radius 1 is 1.14 bits per heavy atom. The van der Waals surface area contributed by atoms with E-state index in [0.717, 1.165) is 60.7 Å². The number of likely N-dealkylation sites (tertiary alicyclic amines) is 1. The number of halogens is 1. The summed E-state index contributed by atoms with van der Waals surface area (Å²) in [6.07, 6.45) is 6.53. The number of nitrogens with zero attached hydrogens (tertiary/aromatic N) is 2. The maximum absolute atomic E-state index is 13.0.